The number of halogens is 1. The Morgan fingerprint density at radius 3 is 2.04 bits per heavy atom. The quantitative estimate of drug-likeness (QED) is 0.767. The first-order valence-electron chi connectivity index (χ1n) is 9.23. The smallest absolute Gasteiger partial charge is 0.410 e. The van der Waals surface area contributed by atoms with Gasteiger partial charge in [-0.05, 0) is 53.6 Å². The van der Waals surface area contributed by atoms with Gasteiger partial charge in [0, 0.05) is 25.9 Å². The number of hydrogen-bond donors (Lipinski definition) is 1. The van der Waals surface area contributed by atoms with Crippen molar-refractivity contribution in [3.05, 3.63) is 0 Å². The minimum absolute atomic E-state index is 0.0505. The maximum absolute atomic E-state index is 14.3. The molecule has 1 N–H and O–H groups in total. The lowest BCUT2D eigenvalue weighted by Gasteiger charge is -2.35. The molecule has 0 saturated carbocycles. The van der Waals surface area contributed by atoms with Crippen molar-refractivity contribution >= 4 is 12.1 Å². The summed E-state index contributed by atoms with van der Waals surface area (Å²) in [6.45, 7) is 9.92. The number of rotatable bonds is 2. The van der Waals surface area contributed by atoms with E-state index < -0.39 is 23.3 Å². The van der Waals surface area contributed by atoms with Crippen LogP contribution >= 0.6 is 0 Å². The van der Waals surface area contributed by atoms with E-state index in [0.717, 1.165) is 0 Å². The van der Waals surface area contributed by atoms with Crippen LogP contribution in [0.1, 0.15) is 59.8 Å². The predicted molar refractivity (Wildman–Crippen MR) is 94.2 cm³/mol. The summed E-state index contributed by atoms with van der Waals surface area (Å²) >= 11 is 0. The van der Waals surface area contributed by atoms with E-state index in [1.54, 1.807) is 27.7 Å². The molecule has 1 amide bonds. The van der Waals surface area contributed by atoms with E-state index in [1.165, 1.54) is 37.3 Å². The van der Waals surface area contributed by atoms with Gasteiger partial charge in [-0.3, -0.25) is 0 Å². The lowest BCUT2D eigenvalue weighted by molar-refractivity contribution is -0.160. The van der Waals surface area contributed by atoms with Crippen molar-refractivity contribution in [2.75, 3.05) is 32.8 Å². The van der Waals surface area contributed by atoms with Gasteiger partial charge in [0.25, 0.3) is 0 Å². The molecule has 0 unspecified atom stereocenters. The third-order valence-corrected chi connectivity index (χ3v) is 4.06. The monoisotopic (exact) mass is 360 g/mol. The van der Waals surface area contributed by atoms with E-state index in [9.17, 15) is 14.0 Å². The summed E-state index contributed by atoms with van der Waals surface area (Å²) < 4.78 is 24.2. The van der Waals surface area contributed by atoms with Crippen molar-refractivity contribution in [2.45, 2.75) is 71.1 Å². The molecule has 2 aliphatic rings. The van der Waals surface area contributed by atoms with Crippen LogP contribution in [0.3, 0.4) is 0 Å². The lowest BCUT2D eigenvalue weighted by Crippen LogP contribution is -2.50. The van der Waals surface area contributed by atoms with Gasteiger partial charge in [0.15, 0.2) is 0 Å². The molecule has 0 spiro atoms. The summed E-state index contributed by atoms with van der Waals surface area (Å²) in [5, 5.41) is 3.28. The minimum atomic E-state index is -1.98. The van der Waals surface area contributed by atoms with Gasteiger partial charge in [-0.1, -0.05) is 6.42 Å². The van der Waals surface area contributed by atoms with Crippen molar-refractivity contribution in [2.24, 2.45) is 0 Å². The van der Waals surface area contributed by atoms with Crippen molar-refractivity contribution in [1.82, 2.24) is 10.2 Å². The molecule has 2 rings (SSSR count). The Morgan fingerprint density at radius 2 is 1.68 bits per heavy atom. The number of carbonyl (C=O) groups is 2. The maximum Gasteiger partial charge on any atom is 0.410 e. The Morgan fingerprint density at radius 1 is 1.12 bits per heavy atom. The molecule has 0 aromatic carbocycles. The highest BCUT2D eigenvalue weighted by Crippen LogP contribution is 2.28. The highest BCUT2D eigenvalue weighted by Gasteiger charge is 2.44. The van der Waals surface area contributed by atoms with E-state index in [-0.39, 0.29) is 32.5 Å². The normalized spacial score (nSPS) is 20.1. The lowest BCUT2D eigenvalue weighted by atomic mass is 9.93. The van der Waals surface area contributed by atoms with Crippen LogP contribution in [0.15, 0.2) is 0 Å². The fourth-order valence-electron chi connectivity index (χ4n) is 2.64. The van der Waals surface area contributed by atoms with Gasteiger partial charge in [-0.2, -0.15) is 0 Å². The van der Waals surface area contributed by atoms with E-state index in [1.807, 2.05) is 0 Å². The number of likely N-dealkylation sites (tertiary alicyclic amines) is 1. The summed E-state index contributed by atoms with van der Waals surface area (Å²) in [7, 11) is 0. The summed E-state index contributed by atoms with van der Waals surface area (Å²) in [5.74, 6) is -0.834. The molecule has 146 valence electrons. The second kappa shape index (κ2) is 9.94. The van der Waals surface area contributed by atoms with Gasteiger partial charge in [0.05, 0.1) is 6.61 Å². The highest BCUT2D eigenvalue weighted by atomic mass is 19.1. The van der Waals surface area contributed by atoms with Crippen LogP contribution in [-0.4, -0.2) is 61.0 Å². The Labute approximate surface area is 150 Å². The zero-order chi connectivity index (χ0) is 18.9. The molecule has 2 aliphatic heterocycles. The summed E-state index contributed by atoms with van der Waals surface area (Å²) in [4.78, 5) is 24.7. The molecule has 0 bridgehead atoms. The Balaban J connectivity index is 0.000000435. The Bertz CT molecular complexity index is 414. The Hall–Kier alpha value is -1.37. The first kappa shape index (κ1) is 21.7. The fourth-order valence-corrected chi connectivity index (χ4v) is 2.64. The summed E-state index contributed by atoms with van der Waals surface area (Å²) in [5.41, 5.74) is -2.56. The van der Waals surface area contributed by atoms with Crippen LogP contribution in [0.4, 0.5) is 9.18 Å². The van der Waals surface area contributed by atoms with Crippen LogP contribution in [0.5, 0.6) is 0 Å². The molecular formula is C18H33FN2O4. The molecule has 0 aliphatic carbocycles. The van der Waals surface area contributed by atoms with E-state index in [4.69, 9.17) is 9.47 Å². The predicted octanol–water partition coefficient (Wildman–Crippen LogP) is 3.05. The van der Waals surface area contributed by atoms with Gasteiger partial charge >= 0.3 is 12.1 Å². The number of ether oxygens (including phenoxy) is 2. The molecule has 0 radical (unpaired) electrons. The molecular weight excluding hydrogens is 327 g/mol. The first-order chi connectivity index (χ1) is 11.7. The third kappa shape index (κ3) is 8.03. The second-order valence-electron chi connectivity index (χ2n) is 7.46. The van der Waals surface area contributed by atoms with Gasteiger partial charge in [0.2, 0.25) is 5.67 Å². The molecule has 25 heavy (non-hydrogen) atoms. The molecule has 2 saturated heterocycles. The first-order valence-corrected chi connectivity index (χ1v) is 9.23. The standard InChI is InChI=1S/C13H22FNO4.C5H11N/c1-5-18-10(16)13(14)6-8-15(9-7-13)11(17)19-12(2,3)4;1-2-4-6-5-3-1/h5-9H2,1-4H3;6H,1-5H2. The number of nitrogens with one attached hydrogen (secondary N) is 1. The van der Waals surface area contributed by atoms with Gasteiger partial charge in [-0.15, -0.1) is 0 Å². The summed E-state index contributed by atoms with van der Waals surface area (Å²) in [6, 6.07) is 0. The second-order valence-corrected chi connectivity index (χ2v) is 7.46. The molecule has 0 aromatic heterocycles. The van der Waals surface area contributed by atoms with Gasteiger partial charge in [-0.25, -0.2) is 14.0 Å². The molecule has 2 fully saturated rings. The van der Waals surface area contributed by atoms with Crippen LogP contribution in [0.25, 0.3) is 0 Å². The zero-order valence-corrected chi connectivity index (χ0v) is 16.0. The number of hydrogen-bond acceptors (Lipinski definition) is 5. The van der Waals surface area contributed by atoms with E-state index in [2.05, 4.69) is 5.32 Å². The number of piperidine rings is 2. The number of carbonyl (C=O) groups excluding carboxylic acids is 2. The number of nitrogens with zero attached hydrogens (tertiary/aromatic N) is 1. The van der Waals surface area contributed by atoms with Crippen molar-refractivity contribution in [3.8, 4) is 0 Å². The third-order valence-electron chi connectivity index (χ3n) is 4.06. The van der Waals surface area contributed by atoms with Crippen LogP contribution in [0.2, 0.25) is 0 Å². The molecule has 7 heteroatoms. The molecule has 6 nitrogen and oxygen atoms in total. The SMILES string of the molecule is C1CCNCC1.CCOC(=O)C1(F)CCN(C(=O)OC(C)(C)C)CC1. The van der Waals surface area contributed by atoms with Gasteiger partial charge < -0.3 is 19.7 Å². The number of esters is 1. The van der Waals surface area contributed by atoms with E-state index in [0.29, 0.717) is 0 Å². The zero-order valence-electron chi connectivity index (χ0n) is 16.0. The average Bonchev–Trinajstić information content (AvgIpc) is 2.56. The maximum atomic E-state index is 14.3. The fraction of sp³-hybridized carbons (Fsp3) is 0.889. The van der Waals surface area contributed by atoms with Gasteiger partial charge in [0.1, 0.15) is 5.60 Å². The minimum Gasteiger partial charge on any atom is -0.464 e. The average molecular weight is 360 g/mol. The Kier molecular flexibility index (Phi) is 8.62. The van der Waals surface area contributed by atoms with Crippen LogP contribution in [0, 0.1) is 0 Å². The van der Waals surface area contributed by atoms with Crippen molar-refractivity contribution < 1.29 is 23.5 Å². The van der Waals surface area contributed by atoms with Crippen molar-refractivity contribution in [3.63, 3.8) is 0 Å². The molecule has 2 heterocycles. The largest absolute Gasteiger partial charge is 0.464 e. The van der Waals surface area contributed by atoms with Crippen LogP contribution in [-0.2, 0) is 14.3 Å². The van der Waals surface area contributed by atoms with E-state index >= 15 is 0 Å². The summed E-state index contributed by atoms with van der Waals surface area (Å²) in [6.07, 6.45) is 3.64. The van der Waals surface area contributed by atoms with Crippen LogP contribution < -0.4 is 5.32 Å². The molecule has 0 atom stereocenters. The number of amides is 1. The topological polar surface area (TPSA) is 67.9 Å². The molecule has 0 aromatic rings. The van der Waals surface area contributed by atoms with Crippen molar-refractivity contribution in [1.29, 1.82) is 0 Å². The number of alkyl halides is 1. The highest BCUT2D eigenvalue weighted by molar-refractivity contribution is 5.80.